The summed E-state index contributed by atoms with van der Waals surface area (Å²) in [6, 6.07) is 5.35. The molecule has 19 heavy (non-hydrogen) atoms. The van der Waals surface area contributed by atoms with Crippen LogP contribution in [0.1, 0.15) is 11.5 Å². The van der Waals surface area contributed by atoms with Crippen molar-refractivity contribution in [3.8, 4) is 0 Å². The van der Waals surface area contributed by atoms with E-state index in [1.54, 1.807) is 24.4 Å². The van der Waals surface area contributed by atoms with Gasteiger partial charge in [0.05, 0.1) is 5.69 Å². The number of hydrogen-bond acceptors (Lipinski definition) is 5. The summed E-state index contributed by atoms with van der Waals surface area (Å²) in [5.41, 5.74) is 8.17. The molecule has 0 amide bonds. The molecule has 6 nitrogen and oxygen atoms in total. The van der Waals surface area contributed by atoms with Crippen molar-refractivity contribution in [2.75, 3.05) is 5.73 Å². The van der Waals surface area contributed by atoms with Crippen molar-refractivity contribution < 1.29 is 4.42 Å². The van der Waals surface area contributed by atoms with E-state index in [1.807, 2.05) is 6.92 Å². The number of benzene rings is 1. The van der Waals surface area contributed by atoms with Gasteiger partial charge in [0.25, 0.3) is 0 Å². The number of oxazole rings is 1. The second-order valence-electron chi connectivity index (χ2n) is 4.34. The Morgan fingerprint density at radius 1 is 1.42 bits per heavy atom. The summed E-state index contributed by atoms with van der Waals surface area (Å²) in [5.74, 6) is 0.433. The zero-order valence-corrected chi connectivity index (χ0v) is 10.3. The largest absolute Gasteiger partial charge is 0.439 e. The lowest BCUT2D eigenvalue weighted by Gasteiger charge is -2.01. The first-order valence-corrected chi connectivity index (χ1v) is 5.80. The molecule has 1 aromatic carbocycles. The van der Waals surface area contributed by atoms with Crippen molar-refractivity contribution >= 4 is 16.8 Å². The summed E-state index contributed by atoms with van der Waals surface area (Å²) in [4.78, 5) is 19.7. The molecular weight excluding hydrogens is 244 g/mol. The van der Waals surface area contributed by atoms with Crippen molar-refractivity contribution in [1.82, 2.24) is 14.5 Å². The predicted molar refractivity (Wildman–Crippen MR) is 70.8 cm³/mol. The van der Waals surface area contributed by atoms with Crippen LogP contribution in [0.25, 0.3) is 11.1 Å². The fourth-order valence-corrected chi connectivity index (χ4v) is 1.91. The van der Waals surface area contributed by atoms with Gasteiger partial charge < -0.3 is 10.2 Å². The Bertz CT molecular complexity index is 804. The standard InChI is InChI=1S/C13H12N4O2/c1-8-5-15-13(18)17(6-8)7-11-16-12-9(14)3-2-4-10(12)19-11/h2-6H,7,14H2,1H3. The maximum Gasteiger partial charge on any atom is 0.347 e. The van der Waals surface area contributed by atoms with Crippen molar-refractivity contribution in [1.29, 1.82) is 0 Å². The summed E-state index contributed by atoms with van der Waals surface area (Å²) < 4.78 is 7.02. The molecule has 0 fully saturated rings. The van der Waals surface area contributed by atoms with Gasteiger partial charge in [0.15, 0.2) is 5.58 Å². The van der Waals surface area contributed by atoms with E-state index in [2.05, 4.69) is 9.97 Å². The summed E-state index contributed by atoms with van der Waals surface area (Å²) >= 11 is 0. The van der Waals surface area contributed by atoms with E-state index in [0.29, 0.717) is 22.7 Å². The Morgan fingerprint density at radius 2 is 2.26 bits per heavy atom. The number of para-hydroxylation sites is 1. The Morgan fingerprint density at radius 3 is 3.05 bits per heavy atom. The normalized spacial score (nSPS) is 11.0. The molecule has 2 N–H and O–H groups in total. The quantitative estimate of drug-likeness (QED) is 0.699. The second kappa shape index (κ2) is 4.24. The van der Waals surface area contributed by atoms with Gasteiger partial charge >= 0.3 is 5.69 Å². The number of rotatable bonds is 2. The molecular formula is C13H12N4O2. The molecule has 0 saturated heterocycles. The molecule has 0 aliphatic heterocycles. The van der Waals surface area contributed by atoms with Crippen molar-refractivity contribution in [3.63, 3.8) is 0 Å². The van der Waals surface area contributed by atoms with E-state index in [-0.39, 0.29) is 12.2 Å². The lowest BCUT2D eigenvalue weighted by atomic mass is 10.3. The Balaban J connectivity index is 2.04. The average molecular weight is 256 g/mol. The molecule has 0 saturated carbocycles. The zero-order chi connectivity index (χ0) is 13.4. The Labute approximate surface area is 108 Å². The van der Waals surface area contributed by atoms with Gasteiger partial charge in [-0.25, -0.2) is 14.8 Å². The highest BCUT2D eigenvalue weighted by Crippen LogP contribution is 2.21. The molecule has 0 aliphatic rings. The topological polar surface area (TPSA) is 86.9 Å². The monoisotopic (exact) mass is 256 g/mol. The van der Waals surface area contributed by atoms with Crippen LogP contribution >= 0.6 is 0 Å². The van der Waals surface area contributed by atoms with Crippen LogP contribution < -0.4 is 11.4 Å². The van der Waals surface area contributed by atoms with Gasteiger partial charge in [-0.1, -0.05) is 6.07 Å². The van der Waals surface area contributed by atoms with E-state index >= 15 is 0 Å². The summed E-state index contributed by atoms with van der Waals surface area (Å²) in [7, 11) is 0. The van der Waals surface area contributed by atoms with Gasteiger partial charge in [0, 0.05) is 12.4 Å². The summed E-state index contributed by atoms with van der Waals surface area (Å²) in [6.07, 6.45) is 3.25. The number of anilines is 1. The predicted octanol–water partition coefficient (Wildman–Crippen LogP) is 1.32. The molecule has 96 valence electrons. The molecule has 0 radical (unpaired) electrons. The van der Waals surface area contributed by atoms with E-state index in [4.69, 9.17) is 10.2 Å². The number of nitrogen functional groups attached to an aromatic ring is 1. The SMILES string of the molecule is Cc1cnc(=O)n(Cc2nc3c(N)cccc3o2)c1. The van der Waals surface area contributed by atoms with E-state index in [1.165, 1.54) is 10.8 Å². The third kappa shape index (κ3) is 2.08. The number of nitrogens with zero attached hydrogens (tertiary/aromatic N) is 3. The first-order valence-electron chi connectivity index (χ1n) is 5.80. The van der Waals surface area contributed by atoms with Crippen LogP contribution in [0.15, 0.2) is 39.8 Å². The lowest BCUT2D eigenvalue weighted by Crippen LogP contribution is -2.22. The second-order valence-corrected chi connectivity index (χ2v) is 4.34. The number of nitrogens with two attached hydrogens (primary N) is 1. The molecule has 2 aromatic heterocycles. The maximum atomic E-state index is 11.6. The molecule has 2 heterocycles. The van der Waals surface area contributed by atoms with Crippen molar-refractivity contribution in [3.05, 3.63) is 52.5 Å². The third-order valence-electron chi connectivity index (χ3n) is 2.78. The maximum absolute atomic E-state index is 11.6. The third-order valence-corrected chi connectivity index (χ3v) is 2.78. The molecule has 0 unspecified atom stereocenters. The molecule has 0 aliphatic carbocycles. The van der Waals surface area contributed by atoms with Crippen LogP contribution in [0.3, 0.4) is 0 Å². The van der Waals surface area contributed by atoms with E-state index in [0.717, 1.165) is 5.56 Å². The van der Waals surface area contributed by atoms with Crippen LogP contribution in [0.2, 0.25) is 0 Å². The van der Waals surface area contributed by atoms with E-state index < -0.39 is 0 Å². The summed E-state index contributed by atoms with van der Waals surface area (Å²) in [5, 5.41) is 0. The molecule has 0 spiro atoms. The minimum atomic E-state index is -0.333. The first-order chi connectivity index (χ1) is 9.13. The van der Waals surface area contributed by atoms with Crippen LogP contribution in [-0.4, -0.2) is 14.5 Å². The minimum Gasteiger partial charge on any atom is -0.439 e. The molecule has 0 atom stereocenters. The fourth-order valence-electron chi connectivity index (χ4n) is 1.91. The highest BCUT2D eigenvalue weighted by atomic mass is 16.3. The van der Waals surface area contributed by atoms with Crippen LogP contribution in [-0.2, 0) is 6.54 Å². The summed E-state index contributed by atoms with van der Waals surface area (Å²) in [6.45, 7) is 2.11. The Hall–Kier alpha value is -2.63. The number of hydrogen-bond donors (Lipinski definition) is 1. The minimum absolute atomic E-state index is 0.238. The van der Waals surface area contributed by atoms with Gasteiger partial charge in [0.2, 0.25) is 5.89 Å². The number of aromatic nitrogens is 3. The van der Waals surface area contributed by atoms with Crippen molar-refractivity contribution in [2.24, 2.45) is 0 Å². The first kappa shape index (κ1) is 11.5. The number of fused-ring (bicyclic) bond motifs is 1. The van der Waals surface area contributed by atoms with Gasteiger partial charge in [0.1, 0.15) is 12.1 Å². The average Bonchev–Trinajstić information content (AvgIpc) is 2.78. The van der Waals surface area contributed by atoms with Crippen LogP contribution in [0, 0.1) is 6.92 Å². The van der Waals surface area contributed by atoms with Gasteiger partial charge in [-0.2, -0.15) is 0 Å². The zero-order valence-electron chi connectivity index (χ0n) is 10.3. The van der Waals surface area contributed by atoms with Gasteiger partial charge in [-0.05, 0) is 24.6 Å². The Kier molecular flexibility index (Phi) is 2.56. The lowest BCUT2D eigenvalue weighted by molar-refractivity contribution is 0.500. The highest BCUT2D eigenvalue weighted by molar-refractivity contribution is 5.85. The fraction of sp³-hybridized carbons (Fsp3) is 0.154. The van der Waals surface area contributed by atoms with Gasteiger partial charge in [-0.3, -0.25) is 4.57 Å². The number of aryl methyl sites for hydroxylation is 1. The van der Waals surface area contributed by atoms with Crippen LogP contribution in [0.5, 0.6) is 0 Å². The smallest absolute Gasteiger partial charge is 0.347 e. The van der Waals surface area contributed by atoms with Crippen molar-refractivity contribution in [2.45, 2.75) is 13.5 Å². The molecule has 0 bridgehead atoms. The molecule has 3 rings (SSSR count). The highest BCUT2D eigenvalue weighted by Gasteiger charge is 2.09. The van der Waals surface area contributed by atoms with Gasteiger partial charge in [-0.15, -0.1) is 0 Å². The molecule has 3 aromatic rings. The van der Waals surface area contributed by atoms with Crippen LogP contribution in [0.4, 0.5) is 5.69 Å². The van der Waals surface area contributed by atoms with E-state index in [9.17, 15) is 4.79 Å². The molecule has 6 heteroatoms.